The molecule has 0 spiro atoms. The van der Waals surface area contributed by atoms with Crippen molar-refractivity contribution in [3.05, 3.63) is 99.7 Å². The molecule has 0 atom stereocenters. The number of benzene rings is 3. The van der Waals surface area contributed by atoms with E-state index >= 15 is 0 Å². The Kier molecular flexibility index (Phi) is 7.40. The fourth-order valence-electron chi connectivity index (χ4n) is 3.88. The van der Waals surface area contributed by atoms with Crippen LogP contribution >= 0.6 is 11.6 Å². The number of ether oxygens (including phenoxy) is 1. The molecule has 0 unspecified atom stereocenters. The number of carbonyl (C=O) groups excluding carboxylic acids is 4. The van der Waals surface area contributed by atoms with E-state index in [2.05, 4.69) is 10.6 Å². The van der Waals surface area contributed by atoms with Gasteiger partial charge >= 0.3 is 5.97 Å². The van der Waals surface area contributed by atoms with Gasteiger partial charge in [0.15, 0.2) is 0 Å². The smallest absolute Gasteiger partial charge is 0.338 e. The van der Waals surface area contributed by atoms with Crippen molar-refractivity contribution in [2.24, 2.45) is 0 Å². The third kappa shape index (κ3) is 5.54. The summed E-state index contributed by atoms with van der Waals surface area (Å²) in [5.74, 6) is -1.96. The van der Waals surface area contributed by atoms with Crippen LogP contribution in [0.4, 0.5) is 17.1 Å². The molecule has 188 valence electrons. The summed E-state index contributed by atoms with van der Waals surface area (Å²) in [4.78, 5) is 51.2. The number of anilines is 3. The molecule has 0 saturated heterocycles. The van der Waals surface area contributed by atoms with Gasteiger partial charge in [0.25, 0.3) is 17.7 Å². The van der Waals surface area contributed by atoms with Gasteiger partial charge < -0.3 is 15.4 Å². The van der Waals surface area contributed by atoms with Crippen LogP contribution in [0.1, 0.15) is 38.8 Å². The lowest BCUT2D eigenvalue weighted by atomic mass is 10.1. The highest BCUT2D eigenvalue weighted by Gasteiger charge is 2.39. The van der Waals surface area contributed by atoms with Crippen LogP contribution in [0.15, 0.2) is 77.5 Å². The molecule has 0 saturated carbocycles. The number of nitrogens with one attached hydrogen (secondary N) is 2. The zero-order chi connectivity index (χ0) is 26.7. The summed E-state index contributed by atoms with van der Waals surface area (Å²) in [6.45, 7) is 5.77. The summed E-state index contributed by atoms with van der Waals surface area (Å²) in [5, 5.41) is 5.45. The zero-order valence-corrected chi connectivity index (χ0v) is 21.2. The largest absolute Gasteiger partial charge is 0.462 e. The number of hydrogen-bond acceptors (Lipinski definition) is 6. The molecule has 3 aromatic carbocycles. The van der Waals surface area contributed by atoms with Crippen molar-refractivity contribution < 1.29 is 23.9 Å². The fourth-order valence-corrected chi connectivity index (χ4v) is 4.09. The standard InChI is InChI=1S/C28H24ClN3O5/c1-4-37-28(36)19-7-11-21(12-8-19)31-25(33)18-5-9-20(10-6-18)30-24-23(29)26(34)32(27(24)35)22-14-16(2)13-17(3)15-22/h5-15,30H,4H2,1-3H3,(H,31,33). The first-order chi connectivity index (χ1) is 17.7. The lowest BCUT2D eigenvalue weighted by Gasteiger charge is -2.16. The van der Waals surface area contributed by atoms with Crippen molar-refractivity contribution in [3.8, 4) is 0 Å². The van der Waals surface area contributed by atoms with E-state index in [0.29, 0.717) is 28.2 Å². The number of carbonyl (C=O) groups is 4. The van der Waals surface area contributed by atoms with Gasteiger partial charge in [-0.2, -0.15) is 0 Å². The Bertz CT molecular complexity index is 1410. The first kappa shape index (κ1) is 25.7. The quantitative estimate of drug-likeness (QED) is 0.331. The Hall–Kier alpha value is -4.43. The molecule has 0 radical (unpaired) electrons. The first-order valence-electron chi connectivity index (χ1n) is 11.5. The van der Waals surface area contributed by atoms with Crippen LogP contribution in [0.3, 0.4) is 0 Å². The normalized spacial score (nSPS) is 13.1. The van der Waals surface area contributed by atoms with Crippen LogP contribution < -0.4 is 15.5 Å². The molecule has 0 aromatic heterocycles. The van der Waals surface area contributed by atoms with Gasteiger partial charge in [-0.1, -0.05) is 17.7 Å². The SMILES string of the molecule is CCOC(=O)c1ccc(NC(=O)c2ccc(NC3=C(Cl)C(=O)N(c4cc(C)cc(C)c4)C3=O)cc2)cc1. The number of aryl methyl sites for hydroxylation is 2. The van der Waals surface area contributed by atoms with Crippen molar-refractivity contribution in [1.29, 1.82) is 0 Å². The zero-order valence-electron chi connectivity index (χ0n) is 20.4. The predicted molar refractivity (Wildman–Crippen MR) is 142 cm³/mol. The number of amides is 3. The Balaban J connectivity index is 1.43. The minimum absolute atomic E-state index is 0.0373. The monoisotopic (exact) mass is 517 g/mol. The molecule has 0 fully saturated rings. The molecule has 9 heteroatoms. The summed E-state index contributed by atoms with van der Waals surface area (Å²) in [5.41, 5.74) is 3.99. The van der Waals surface area contributed by atoms with Crippen LogP contribution in [0.5, 0.6) is 0 Å². The Morgan fingerprint density at radius 2 is 1.41 bits per heavy atom. The molecule has 1 aliphatic heterocycles. The number of hydrogen-bond donors (Lipinski definition) is 2. The van der Waals surface area contributed by atoms with E-state index in [1.165, 1.54) is 0 Å². The Labute approximate surface area is 218 Å². The van der Waals surface area contributed by atoms with E-state index in [0.717, 1.165) is 16.0 Å². The van der Waals surface area contributed by atoms with Gasteiger partial charge in [0, 0.05) is 16.9 Å². The molecule has 0 bridgehead atoms. The number of rotatable bonds is 7. The van der Waals surface area contributed by atoms with Crippen LogP contribution in [-0.2, 0) is 14.3 Å². The van der Waals surface area contributed by atoms with E-state index in [-0.39, 0.29) is 23.2 Å². The lowest BCUT2D eigenvalue weighted by molar-refractivity contribution is -0.120. The number of nitrogens with zero attached hydrogens (tertiary/aromatic N) is 1. The number of imide groups is 1. The molecule has 2 N–H and O–H groups in total. The Morgan fingerprint density at radius 3 is 2.00 bits per heavy atom. The van der Waals surface area contributed by atoms with Crippen LogP contribution in [0.2, 0.25) is 0 Å². The third-order valence-electron chi connectivity index (χ3n) is 5.56. The van der Waals surface area contributed by atoms with E-state index in [9.17, 15) is 19.2 Å². The van der Waals surface area contributed by atoms with Gasteiger partial charge in [0.05, 0.1) is 17.9 Å². The highest BCUT2D eigenvalue weighted by molar-refractivity contribution is 6.53. The minimum atomic E-state index is -0.607. The molecule has 3 aromatic rings. The van der Waals surface area contributed by atoms with Crippen molar-refractivity contribution in [1.82, 2.24) is 0 Å². The maximum atomic E-state index is 13.0. The van der Waals surface area contributed by atoms with Gasteiger partial charge in [0.1, 0.15) is 10.7 Å². The highest BCUT2D eigenvalue weighted by Crippen LogP contribution is 2.31. The van der Waals surface area contributed by atoms with Gasteiger partial charge in [-0.3, -0.25) is 14.4 Å². The van der Waals surface area contributed by atoms with Crippen molar-refractivity contribution >= 4 is 52.4 Å². The van der Waals surface area contributed by atoms with E-state index in [4.69, 9.17) is 16.3 Å². The molecular formula is C28H24ClN3O5. The topological polar surface area (TPSA) is 105 Å². The molecule has 4 rings (SSSR count). The van der Waals surface area contributed by atoms with Crippen LogP contribution in [0, 0.1) is 13.8 Å². The molecule has 37 heavy (non-hydrogen) atoms. The predicted octanol–water partition coefficient (Wildman–Crippen LogP) is 5.17. The van der Waals surface area contributed by atoms with Gasteiger partial charge in [0.2, 0.25) is 0 Å². The maximum Gasteiger partial charge on any atom is 0.338 e. The summed E-state index contributed by atoms with van der Waals surface area (Å²) < 4.78 is 4.95. The van der Waals surface area contributed by atoms with Crippen molar-refractivity contribution in [3.63, 3.8) is 0 Å². The average Bonchev–Trinajstić information content (AvgIpc) is 3.07. The van der Waals surface area contributed by atoms with Crippen molar-refractivity contribution in [2.75, 3.05) is 22.1 Å². The second kappa shape index (κ2) is 10.7. The summed E-state index contributed by atoms with van der Waals surface area (Å²) in [6, 6.07) is 18.1. The molecule has 8 nitrogen and oxygen atoms in total. The fraction of sp³-hybridized carbons (Fsp3) is 0.143. The molecular weight excluding hydrogens is 494 g/mol. The van der Waals surface area contributed by atoms with Gasteiger partial charge in [-0.25, -0.2) is 9.69 Å². The second-order valence-electron chi connectivity index (χ2n) is 8.43. The Morgan fingerprint density at radius 1 is 0.838 bits per heavy atom. The van der Waals surface area contributed by atoms with Gasteiger partial charge in [-0.05, 0) is 92.6 Å². The van der Waals surface area contributed by atoms with E-state index in [1.807, 2.05) is 19.9 Å². The average molecular weight is 518 g/mol. The minimum Gasteiger partial charge on any atom is -0.462 e. The number of halogens is 1. The number of esters is 1. The lowest BCUT2D eigenvalue weighted by Crippen LogP contribution is -2.32. The van der Waals surface area contributed by atoms with Crippen LogP contribution in [-0.4, -0.2) is 30.3 Å². The van der Waals surface area contributed by atoms with E-state index < -0.39 is 17.8 Å². The van der Waals surface area contributed by atoms with Gasteiger partial charge in [-0.15, -0.1) is 0 Å². The third-order valence-corrected chi connectivity index (χ3v) is 5.91. The molecule has 1 aliphatic rings. The highest BCUT2D eigenvalue weighted by atomic mass is 35.5. The van der Waals surface area contributed by atoms with Crippen LogP contribution in [0.25, 0.3) is 0 Å². The molecule has 3 amide bonds. The molecule has 0 aliphatic carbocycles. The van der Waals surface area contributed by atoms with Crippen molar-refractivity contribution in [2.45, 2.75) is 20.8 Å². The summed E-state index contributed by atoms with van der Waals surface area (Å²) >= 11 is 6.23. The van der Waals surface area contributed by atoms with E-state index in [1.54, 1.807) is 67.6 Å². The summed E-state index contributed by atoms with van der Waals surface area (Å²) in [7, 11) is 0. The second-order valence-corrected chi connectivity index (χ2v) is 8.81. The maximum absolute atomic E-state index is 13.0. The summed E-state index contributed by atoms with van der Waals surface area (Å²) in [6.07, 6.45) is 0. The molecule has 1 heterocycles. The first-order valence-corrected chi connectivity index (χ1v) is 11.9.